The van der Waals surface area contributed by atoms with Crippen molar-refractivity contribution < 1.29 is 32.2 Å². The number of nitrogens with zero attached hydrogens (tertiary/aromatic N) is 5. The number of anilines is 2. The Hall–Kier alpha value is -3.84. The van der Waals surface area contributed by atoms with Crippen LogP contribution in [0.3, 0.4) is 0 Å². The molecule has 9 nitrogen and oxygen atoms in total. The Balaban J connectivity index is 1.62. The summed E-state index contributed by atoms with van der Waals surface area (Å²) in [6.07, 6.45) is -2.88. The first-order chi connectivity index (χ1) is 19.5. The Morgan fingerprint density at radius 2 is 2.00 bits per heavy atom. The number of hydrogen-bond donors (Lipinski definition) is 2. The zero-order valence-corrected chi connectivity index (χ0v) is 22.8. The normalized spacial score (nSPS) is 19.9. The molecule has 3 aromatic rings. The molecule has 0 aliphatic carbocycles. The highest BCUT2D eigenvalue weighted by Gasteiger charge is 2.54. The molecule has 0 saturated carbocycles. The van der Waals surface area contributed by atoms with Gasteiger partial charge in [0.05, 0.1) is 37.6 Å². The van der Waals surface area contributed by atoms with Gasteiger partial charge in [0, 0.05) is 30.4 Å². The van der Waals surface area contributed by atoms with E-state index in [0.717, 1.165) is 0 Å². The van der Waals surface area contributed by atoms with Gasteiger partial charge < -0.3 is 20.1 Å². The van der Waals surface area contributed by atoms with Crippen LogP contribution in [-0.4, -0.2) is 64.2 Å². The predicted octanol–water partition coefficient (Wildman–Crippen LogP) is 4.00. The van der Waals surface area contributed by atoms with Crippen molar-refractivity contribution in [3.8, 4) is 5.88 Å². The molecule has 1 fully saturated rings. The van der Waals surface area contributed by atoms with E-state index in [9.17, 15) is 23.1 Å². The standard InChI is InChI=1S/C28H30F4N6O3/c1-16(18-6-4-7-20(22(18)29)28(30,31)32)34-24-19-14-38(21-8-5-10-33-25(21)41-3)26(40)27(23(19)35-17(2)36-24)9-11-37(15-27)12-13-39/h4-8,10,16,39H,9,11-15H2,1-3H3,(H,34,35,36)/t16-,27?/m1/s1. The first-order valence-electron chi connectivity index (χ1n) is 13.1. The zero-order chi connectivity index (χ0) is 29.5. The minimum atomic E-state index is -4.84. The number of hydrogen-bond acceptors (Lipinski definition) is 8. The van der Waals surface area contributed by atoms with E-state index in [2.05, 4.69) is 15.3 Å². The van der Waals surface area contributed by atoms with Crippen LogP contribution in [0.15, 0.2) is 36.5 Å². The Morgan fingerprint density at radius 1 is 1.22 bits per heavy atom. The zero-order valence-electron chi connectivity index (χ0n) is 22.8. The monoisotopic (exact) mass is 574 g/mol. The number of carbonyl (C=O) groups excluding carboxylic acids is 1. The number of benzene rings is 1. The molecule has 2 aliphatic rings. The molecule has 2 atom stereocenters. The van der Waals surface area contributed by atoms with Gasteiger partial charge in [0.25, 0.3) is 0 Å². The number of aliphatic hydroxyl groups excluding tert-OH is 1. The Kier molecular flexibility index (Phi) is 7.60. The van der Waals surface area contributed by atoms with Crippen LogP contribution >= 0.6 is 0 Å². The summed E-state index contributed by atoms with van der Waals surface area (Å²) in [5, 5.41) is 12.7. The number of ether oxygens (including phenoxy) is 1. The molecule has 1 aromatic carbocycles. The third-order valence-electron chi connectivity index (χ3n) is 7.70. The lowest BCUT2D eigenvalue weighted by atomic mass is 9.76. The minimum Gasteiger partial charge on any atom is -0.480 e. The van der Waals surface area contributed by atoms with E-state index in [1.54, 1.807) is 37.1 Å². The van der Waals surface area contributed by atoms with Gasteiger partial charge in [0.15, 0.2) is 0 Å². The summed E-state index contributed by atoms with van der Waals surface area (Å²) < 4.78 is 60.7. The van der Waals surface area contributed by atoms with Crippen molar-refractivity contribution in [2.75, 3.05) is 43.6 Å². The molecule has 13 heteroatoms. The number of methoxy groups -OCH3 is 1. The summed E-state index contributed by atoms with van der Waals surface area (Å²) >= 11 is 0. The second kappa shape index (κ2) is 10.9. The number of pyridine rings is 1. The fourth-order valence-corrected chi connectivity index (χ4v) is 5.76. The summed E-state index contributed by atoms with van der Waals surface area (Å²) in [6.45, 7) is 4.38. The number of alkyl halides is 3. The third kappa shape index (κ3) is 5.08. The highest BCUT2D eigenvalue weighted by molar-refractivity contribution is 6.04. The maximum absolute atomic E-state index is 15.0. The van der Waals surface area contributed by atoms with Crippen LogP contribution in [0, 0.1) is 12.7 Å². The van der Waals surface area contributed by atoms with E-state index in [4.69, 9.17) is 9.72 Å². The van der Waals surface area contributed by atoms with Crippen molar-refractivity contribution in [2.24, 2.45) is 0 Å². The first-order valence-corrected chi connectivity index (χ1v) is 13.1. The highest BCUT2D eigenvalue weighted by Crippen LogP contribution is 2.46. The van der Waals surface area contributed by atoms with Crippen LogP contribution in [0.4, 0.5) is 29.1 Å². The molecule has 218 valence electrons. The molecule has 0 bridgehead atoms. The Bertz CT molecular complexity index is 1470. The smallest absolute Gasteiger partial charge is 0.419 e. The molecule has 2 aliphatic heterocycles. The van der Waals surface area contributed by atoms with Gasteiger partial charge in [-0.25, -0.2) is 19.3 Å². The quantitative estimate of drug-likeness (QED) is 0.409. The second-order valence-electron chi connectivity index (χ2n) is 10.3. The van der Waals surface area contributed by atoms with Gasteiger partial charge in [0.1, 0.15) is 28.6 Å². The van der Waals surface area contributed by atoms with Gasteiger partial charge in [-0.1, -0.05) is 12.1 Å². The summed E-state index contributed by atoms with van der Waals surface area (Å²) in [7, 11) is 1.45. The van der Waals surface area contributed by atoms with Crippen molar-refractivity contribution in [1.29, 1.82) is 0 Å². The van der Waals surface area contributed by atoms with Crippen LogP contribution in [0.2, 0.25) is 0 Å². The van der Waals surface area contributed by atoms with Crippen molar-refractivity contribution >= 4 is 17.4 Å². The number of β-amino-alcohol motifs (C(OH)–C–C–N with tert-alkyl or cyclic N) is 1. The number of amides is 1. The number of rotatable bonds is 7. The molecule has 4 heterocycles. The number of nitrogens with one attached hydrogen (secondary N) is 1. The van der Waals surface area contributed by atoms with E-state index in [1.807, 2.05) is 4.90 Å². The minimum absolute atomic E-state index is 0.0262. The fourth-order valence-electron chi connectivity index (χ4n) is 5.76. The van der Waals surface area contributed by atoms with E-state index >= 15 is 4.39 Å². The Labute approximate surface area is 234 Å². The molecular formula is C28H30F4N6O3. The number of aromatic nitrogens is 3. The molecular weight excluding hydrogens is 544 g/mol. The summed E-state index contributed by atoms with van der Waals surface area (Å²) in [5.41, 5.74) is -1.10. The van der Waals surface area contributed by atoms with Gasteiger partial charge >= 0.3 is 6.18 Å². The molecule has 41 heavy (non-hydrogen) atoms. The molecule has 1 amide bonds. The van der Waals surface area contributed by atoms with Gasteiger partial charge in [-0.05, 0) is 45.0 Å². The number of aliphatic hydroxyl groups is 1. The van der Waals surface area contributed by atoms with Crippen molar-refractivity contribution in [1.82, 2.24) is 19.9 Å². The van der Waals surface area contributed by atoms with E-state index in [0.29, 0.717) is 54.9 Å². The van der Waals surface area contributed by atoms with Gasteiger partial charge in [0.2, 0.25) is 11.8 Å². The third-order valence-corrected chi connectivity index (χ3v) is 7.70. The lowest BCUT2D eigenvalue weighted by molar-refractivity contribution is -0.140. The fraction of sp³-hybridized carbons (Fsp3) is 0.429. The number of halogens is 4. The number of fused-ring (bicyclic) bond motifs is 2. The topological polar surface area (TPSA) is 104 Å². The summed E-state index contributed by atoms with van der Waals surface area (Å²) in [4.78, 5) is 31.3. The van der Waals surface area contributed by atoms with Gasteiger partial charge in [-0.3, -0.25) is 9.69 Å². The average Bonchev–Trinajstić information content (AvgIpc) is 3.35. The largest absolute Gasteiger partial charge is 0.480 e. The molecule has 0 radical (unpaired) electrons. The van der Waals surface area contributed by atoms with E-state index < -0.39 is 29.0 Å². The first kappa shape index (κ1) is 28.7. The van der Waals surface area contributed by atoms with Crippen LogP contribution in [0.5, 0.6) is 5.88 Å². The molecule has 1 unspecified atom stereocenters. The molecule has 5 rings (SSSR count). The van der Waals surface area contributed by atoms with E-state index in [1.165, 1.54) is 19.2 Å². The average molecular weight is 575 g/mol. The van der Waals surface area contributed by atoms with Crippen molar-refractivity contribution in [3.05, 3.63) is 70.6 Å². The number of likely N-dealkylation sites (tertiary alicyclic amines) is 1. The van der Waals surface area contributed by atoms with Crippen LogP contribution in [0.1, 0.15) is 47.6 Å². The molecule has 1 saturated heterocycles. The summed E-state index contributed by atoms with van der Waals surface area (Å²) in [6, 6.07) is 5.66. The number of aryl methyl sites for hydroxylation is 1. The lowest BCUT2D eigenvalue weighted by Gasteiger charge is -2.41. The maximum Gasteiger partial charge on any atom is 0.419 e. The van der Waals surface area contributed by atoms with Crippen LogP contribution in [0.25, 0.3) is 0 Å². The van der Waals surface area contributed by atoms with Crippen molar-refractivity contribution in [2.45, 2.75) is 44.4 Å². The van der Waals surface area contributed by atoms with E-state index in [-0.39, 0.29) is 36.3 Å². The van der Waals surface area contributed by atoms with Crippen LogP contribution in [-0.2, 0) is 22.9 Å². The molecule has 2 aromatic heterocycles. The number of carbonyl (C=O) groups is 1. The summed E-state index contributed by atoms with van der Waals surface area (Å²) in [5.74, 6) is -0.687. The SMILES string of the molecule is COc1ncccc1N1Cc2c(N[C@H](C)c3cccc(C(F)(F)F)c3F)nc(C)nc2C2(CCN(CCO)C2)C1=O. The van der Waals surface area contributed by atoms with Gasteiger partial charge in [-0.15, -0.1) is 0 Å². The molecule has 1 spiro atoms. The predicted molar refractivity (Wildman–Crippen MR) is 142 cm³/mol. The lowest BCUT2D eigenvalue weighted by Crippen LogP contribution is -2.53. The Morgan fingerprint density at radius 3 is 2.71 bits per heavy atom. The van der Waals surface area contributed by atoms with Gasteiger partial charge in [-0.2, -0.15) is 13.2 Å². The second-order valence-corrected chi connectivity index (χ2v) is 10.3. The maximum atomic E-state index is 15.0. The highest BCUT2D eigenvalue weighted by atomic mass is 19.4. The van der Waals surface area contributed by atoms with Crippen molar-refractivity contribution in [3.63, 3.8) is 0 Å². The van der Waals surface area contributed by atoms with Crippen LogP contribution < -0.4 is 15.0 Å². The molecule has 2 N–H and O–H groups in total.